The largest absolute Gasteiger partial charge is 1.00 e. The number of carbonyl (C=O) groups excluding carboxylic acids is 1. The van der Waals surface area contributed by atoms with Crippen molar-refractivity contribution in [2.45, 2.75) is 6.54 Å². The number of benzene rings is 2. The van der Waals surface area contributed by atoms with Gasteiger partial charge in [0, 0.05) is 12.4 Å². The summed E-state index contributed by atoms with van der Waals surface area (Å²) < 4.78 is 0. The van der Waals surface area contributed by atoms with Crippen molar-refractivity contribution in [2.75, 3.05) is 0 Å². The maximum Gasteiger partial charge on any atom is 1.00 e. The fourth-order valence-corrected chi connectivity index (χ4v) is 2.01. The molecule has 3 aromatic rings. The number of amides is 1. The summed E-state index contributed by atoms with van der Waals surface area (Å²) in [7, 11) is 0. The second kappa shape index (κ2) is 9.12. The van der Waals surface area contributed by atoms with Gasteiger partial charge in [0.15, 0.2) is 5.69 Å². The van der Waals surface area contributed by atoms with Crippen LogP contribution in [0.25, 0.3) is 0 Å². The van der Waals surface area contributed by atoms with Gasteiger partial charge in [0.1, 0.15) is 0 Å². The molecule has 0 aliphatic carbocycles. The van der Waals surface area contributed by atoms with Gasteiger partial charge in [0.25, 0.3) is 5.91 Å². The first-order chi connectivity index (χ1) is 11.7. The van der Waals surface area contributed by atoms with Crippen molar-refractivity contribution < 1.29 is 39.5 Å². The number of hydrogen-bond acceptors (Lipinski definition) is 5. The summed E-state index contributed by atoms with van der Waals surface area (Å²) in [6.07, 6.45) is 1.47. The Bertz CT molecular complexity index is 850. The van der Waals surface area contributed by atoms with Crippen molar-refractivity contribution in [2.24, 2.45) is 5.10 Å². The van der Waals surface area contributed by atoms with Crippen molar-refractivity contribution in [3.63, 3.8) is 0 Å². The van der Waals surface area contributed by atoms with Crippen LogP contribution in [0.15, 0.2) is 65.8 Å². The van der Waals surface area contributed by atoms with Crippen molar-refractivity contribution >= 4 is 12.1 Å². The van der Waals surface area contributed by atoms with Crippen LogP contribution < -0.4 is 40.0 Å². The minimum Gasteiger partial charge on any atom is -0.856 e. The molecule has 120 valence electrons. The van der Waals surface area contributed by atoms with Crippen LogP contribution in [0.5, 0.6) is 5.88 Å². The summed E-state index contributed by atoms with van der Waals surface area (Å²) in [4.78, 5) is 12.8. The van der Waals surface area contributed by atoms with E-state index in [0.717, 1.165) is 15.9 Å². The zero-order chi connectivity index (χ0) is 16.8. The average Bonchev–Trinajstić information content (AvgIpc) is 3.00. The van der Waals surface area contributed by atoms with Crippen LogP contribution in [0.2, 0.25) is 0 Å². The molecule has 3 rings (SSSR count). The number of nitrogens with zero attached hydrogens (tertiary/aromatic N) is 4. The Balaban J connectivity index is 0.00000225. The monoisotopic (exact) mass is 343 g/mol. The van der Waals surface area contributed by atoms with Crippen LogP contribution in [0, 0.1) is 0 Å². The second-order valence-electron chi connectivity index (χ2n) is 4.96. The topological polar surface area (TPSA) is 95.2 Å². The van der Waals surface area contributed by atoms with Gasteiger partial charge in [-0.1, -0.05) is 60.7 Å². The molecular formula is C17H14N5NaO2. The molecule has 2 aromatic carbocycles. The molecule has 0 saturated carbocycles. The van der Waals surface area contributed by atoms with Crippen molar-refractivity contribution in [1.82, 2.24) is 20.4 Å². The maximum atomic E-state index is 12.1. The van der Waals surface area contributed by atoms with Gasteiger partial charge in [0.05, 0.1) is 6.21 Å². The number of aromatic nitrogens is 3. The zero-order valence-electron chi connectivity index (χ0n) is 13.7. The van der Waals surface area contributed by atoms with E-state index < -0.39 is 11.8 Å². The molecule has 0 atom stereocenters. The Morgan fingerprint density at radius 1 is 1.12 bits per heavy atom. The van der Waals surface area contributed by atoms with E-state index in [1.807, 2.05) is 60.7 Å². The van der Waals surface area contributed by atoms with Gasteiger partial charge in [-0.25, -0.2) is 0 Å². The van der Waals surface area contributed by atoms with Crippen LogP contribution in [-0.4, -0.2) is 27.2 Å². The molecule has 0 spiro atoms. The third-order valence-electron chi connectivity index (χ3n) is 3.24. The number of rotatable bonds is 5. The number of nitrogens with one attached hydrogen (secondary N) is 1. The number of carbonyl (C=O) groups is 1. The van der Waals surface area contributed by atoms with Crippen LogP contribution in [-0.2, 0) is 6.54 Å². The quantitative estimate of drug-likeness (QED) is 0.435. The zero-order valence-corrected chi connectivity index (χ0v) is 15.7. The predicted octanol–water partition coefficient (Wildman–Crippen LogP) is -1.83. The third kappa shape index (κ3) is 4.99. The summed E-state index contributed by atoms with van der Waals surface area (Å²) in [5.74, 6) is -1.24. The van der Waals surface area contributed by atoms with Crippen LogP contribution in [0.4, 0.5) is 0 Å². The first-order valence-electron chi connectivity index (χ1n) is 7.28. The van der Waals surface area contributed by atoms with E-state index in [0.29, 0.717) is 6.54 Å². The van der Waals surface area contributed by atoms with E-state index in [4.69, 9.17) is 0 Å². The maximum absolute atomic E-state index is 12.1. The van der Waals surface area contributed by atoms with E-state index >= 15 is 0 Å². The predicted molar refractivity (Wildman–Crippen MR) is 86.5 cm³/mol. The molecule has 1 heterocycles. The Morgan fingerprint density at radius 2 is 1.76 bits per heavy atom. The summed E-state index contributed by atoms with van der Waals surface area (Å²) in [6, 6.07) is 18.6. The van der Waals surface area contributed by atoms with E-state index in [1.54, 1.807) is 0 Å². The van der Waals surface area contributed by atoms with Crippen molar-refractivity contribution in [3.8, 4) is 5.88 Å². The minimum absolute atomic E-state index is 0. The Kier molecular flexibility index (Phi) is 6.88. The van der Waals surface area contributed by atoms with Gasteiger partial charge in [-0.2, -0.15) is 5.10 Å². The molecule has 0 fully saturated rings. The Labute approximate surface area is 166 Å². The van der Waals surface area contributed by atoms with Gasteiger partial charge < -0.3 is 10.4 Å². The van der Waals surface area contributed by atoms with E-state index in [-0.39, 0.29) is 35.3 Å². The molecule has 0 saturated heterocycles. The molecule has 0 aliphatic rings. The van der Waals surface area contributed by atoms with Crippen LogP contribution in [0.1, 0.15) is 21.6 Å². The van der Waals surface area contributed by atoms with E-state index in [9.17, 15) is 9.90 Å². The molecule has 1 N–H and O–H groups in total. The molecule has 8 heteroatoms. The van der Waals surface area contributed by atoms with Gasteiger partial charge in [-0.3, -0.25) is 4.79 Å². The summed E-state index contributed by atoms with van der Waals surface area (Å²) in [5.41, 5.74) is 1.45. The molecule has 7 nitrogen and oxygen atoms in total. The number of hydrogen-bond donors (Lipinski definition) is 1. The van der Waals surface area contributed by atoms with Crippen LogP contribution in [0.3, 0.4) is 0 Å². The normalized spacial score (nSPS) is 10.4. The molecule has 0 bridgehead atoms. The fraction of sp³-hybridized carbons (Fsp3) is 0.0588. The summed E-state index contributed by atoms with van der Waals surface area (Å²) >= 11 is 0. The Hall–Kier alpha value is -2.48. The van der Waals surface area contributed by atoms with E-state index in [1.165, 1.54) is 6.21 Å². The standard InChI is InChI=1S/C17H15N5O2.Na/c23-16(18-11-13-7-3-1-4-8-13)15-17(24)22(21-20-15)19-12-14-9-5-2-6-10-14;/h1-10,12,24H,11H2,(H,18,23);/q;+1/p-1/b19-12-;. The van der Waals surface area contributed by atoms with Crippen molar-refractivity contribution in [3.05, 3.63) is 77.5 Å². The smallest absolute Gasteiger partial charge is 0.856 e. The summed E-state index contributed by atoms with van der Waals surface area (Å²) in [6.45, 7) is 0.305. The van der Waals surface area contributed by atoms with Gasteiger partial charge in [-0.05, 0) is 16.3 Å². The molecule has 0 unspecified atom stereocenters. The molecule has 1 amide bonds. The fourth-order valence-electron chi connectivity index (χ4n) is 2.01. The molecular weight excluding hydrogens is 329 g/mol. The molecule has 25 heavy (non-hydrogen) atoms. The Morgan fingerprint density at radius 3 is 2.44 bits per heavy atom. The van der Waals surface area contributed by atoms with Crippen LogP contribution >= 0.6 is 0 Å². The third-order valence-corrected chi connectivity index (χ3v) is 3.24. The summed E-state index contributed by atoms with van der Waals surface area (Å²) in [5, 5.41) is 25.9. The first-order valence-corrected chi connectivity index (χ1v) is 7.28. The minimum atomic E-state index is -0.659. The SMILES string of the molecule is O=C(NCc1ccccc1)c1nnn(/N=C\c2ccccc2)c1[O-].[Na+]. The first kappa shape index (κ1) is 18.9. The van der Waals surface area contributed by atoms with Gasteiger partial charge in [0.2, 0.25) is 0 Å². The van der Waals surface area contributed by atoms with Crippen molar-refractivity contribution in [1.29, 1.82) is 0 Å². The van der Waals surface area contributed by atoms with E-state index in [2.05, 4.69) is 20.7 Å². The second-order valence-corrected chi connectivity index (χ2v) is 4.96. The van der Waals surface area contributed by atoms with Gasteiger partial charge >= 0.3 is 29.6 Å². The van der Waals surface area contributed by atoms with Gasteiger partial charge in [-0.15, -0.1) is 9.89 Å². The average molecular weight is 343 g/mol. The molecule has 0 radical (unpaired) electrons. The molecule has 0 aliphatic heterocycles. The molecule has 1 aromatic heterocycles.